The van der Waals surface area contributed by atoms with E-state index in [-0.39, 0.29) is 12.0 Å². The van der Waals surface area contributed by atoms with Gasteiger partial charge in [-0.25, -0.2) is 15.0 Å². The zero-order valence-corrected chi connectivity index (χ0v) is 30.1. The summed E-state index contributed by atoms with van der Waals surface area (Å²) in [5.74, 6) is 2.67. The Bertz CT molecular complexity index is 3310. The molecule has 0 radical (unpaired) electrons. The van der Waals surface area contributed by atoms with Crippen molar-refractivity contribution >= 4 is 59.8 Å². The van der Waals surface area contributed by atoms with Crippen LogP contribution in [0, 0.1) is 0 Å². The van der Waals surface area contributed by atoms with Crippen LogP contribution in [0.1, 0.15) is 17.3 Å². The minimum atomic E-state index is -0.195. The Kier molecular flexibility index (Phi) is 6.69. The van der Waals surface area contributed by atoms with Crippen LogP contribution in [0.2, 0.25) is 0 Å². The van der Waals surface area contributed by atoms with Crippen LogP contribution in [-0.4, -0.2) is 21.1 Å². The third-order valence-electron chi connectivity index (χ3n) is 11.5. The Morgan fingerprint density at radius 3 is 2.12 bits per heavy atom. The van der Waals surface area contributed by atoms with Crippen LogP contribution in [-0.2, 0) is 0 Å². The molecule has 0 N–H and O–H groups in total. The smallest absolute Gasteiger partial charge is 0.164 e. The van der Waals surface area contributed by atoms with Crippen molar-refractivity contribution in [3.05, 3.63) is 187 Å². The Morgan fingerprint density at radius 2 is 1.23 bits per heavy atom. The predicted molar refractivity (Wildman–Crippen MR) is 227 cm³/mol. The van der Waals surface area contributed by atoms with Gasteiger partial charge in [0.1, 0.15) is 23.0 Å². The summed E-state index contributed by atoms with van der Waals surface area (Å²) in [5, 5.41) is 9.12. The standard InChI is InChI=1S/C51H31N3O2/c1-2-13-31(14-3-1)49-52-50(54-51(53-49)41-28-32-15-5-6-16-34(32)37-18-8-9-19-38(37)41)40-21-11-22-44-47(40)42-29-33(25-27-43(42)55-44)35-20-10-23-45-46(35)39-26-24-30-12-4-7-17-36(30)48(39)56-45/h1-29,44,47H. The maximum Gasteiger partial charge on any atom is 0.164 e. The van der Waals surface area contributed by atoms with Gasteiger partial charge < -0.3 is 9.15 Å². The molecule has 8 aromatic carbocycles. The Morgan fingerprint density at radius 1 is 0.482 bits per heavy atom. The first-order valence-electron chi connectivity index (χ1n) is 19.0. The van der Waals surface area contributed by atoms with Crippen molar-refractivity contribution in [2.45, 2.75) is 12.0 Å². The van der Waals surface area contributed by atoms with Crippen molar-refractivity contribution in [3.63, 3.8) is 0 Å². The molecule has 2 unspecified atom stereocenters. The largest absolute Gasteiger partial charge is 0.485 e. The molecular weight excluding hydrogens is 687 g/mol. The molecule has 3 heterocycles. The van der Waals surface area contributed by atoms with E-state index in [9.17, 15) is 0 Å². The van der Waals surface area contributed by atoms with Gasteiger partial charge in [0.25, 0.3) is 0 Å². The zero-order chi connectivity index (χ0) is 36.7. The molecule has 2 atom stereocenters. The molecule has 0 saturated carbocycles. The van der Waals surface area contributed by atoms with Crippen LogP contribution < -0.4 is 4.74 Å². The van der Waals surface area contributed by atoms with E-state index in [0.717, 1.165) is 82.6 Å². The first kappa shape index (κ1) is 31.0. The van der Waals surface area contributed by atoms with Crippen LogP contribution >= 0.6 is 0 Å². The van der Waals surface area contributed by atoms with Gasteiger partial charge in [-0.3, -0.25) is 0 Å². The molecule has 5 nitrogen and oxygen atoms in total. The molecule has 5 heteroatoms. The highest BCUT2D eigenvalue weighted by molar-refractivity contribution is 6.19. The summed E-state index contributed by atoms with van der Waals surface area (Å²) >= 11 is 0. The number of allylic oxidation sites excluding steroid dienone is 2. The van der Waals surface area contributed by atoms with Crippen molar-refractivity contribution in [1.29, 1.82) is 0 Å². The molecule has 10 aromatic rings. The molecule has 1 aliphatic heterocycles. The third kappa shape index (κ3) is 4.71. The number of fused-ring (bicyclic) bond motifs is 11. The number of rotatable bonds is 4. The molecule has 56 heavy (non-hydrogen) atoms. The first-order chi connectivity index (χ1) is 27.7. The van der Waals surface area contributed by atoms with Crippen LogP contribution in [0.15, 0.2) is 180 Å². The summed E-state index contributed by atoms with van der Waals surface area (Å²) in [6, 6.07) is 55.1. The van der Waals surface area contributed by atoms with Crippen molar-refractivity contribution < 1.29 is 9.15 Å². The SMILES string of the molecule is C1=CC2Oc3ccc(-c4cccc5oc6c7ccccc7ccc6c45)cc3C2C(c2nc(-c3ccccc3)nc(-c3cc4ccccc4c4ccccc34)n2)=C1. The first-order valence-corrected chi connectivity index (χ1v) is 19.0. The monoisotopic (exact) mass is 717 g/mol. The molecule has 0 spiro atoms. The fraction of sp³-hybridized carbons (Fsp3) is 0.0392. The van der Waals surface area contributed by atoms with Crippen molar-refractivity contribution in [3.8, 4) is 39.7 Å². The lowest BCUT2D eigenvalue weighted by Crippen LogP contribution is -2.20. The van der Waals surface area contributed by atoms with E-state index in [0.29, 0.717) is 17.5 Å². The molecule has 1 aliphatic carbocycles. The molecular formula is C51H31N3O2. The maximum absolute atomic E-state index is 6.66. The molecule has 0 saturated heterocycles. The van der Waals surface area contributed by atoms with Gasteiger partial charge in [-0.1, -0.05) is 140 Å². The van der Waals surface area contributed by atoms with Crippen molar-refractivity contribution in [2.75, 3.05) is 0 Å². The summed E-state index contributed by atoms with van der Waals surface area (Å²) in [5.41, 5.74) is 8.03. The molecule has 2 aliphatic rings. The lowest BCUT2D eigenvalue weighted by atomic mass is 9.83. The number of ether oxygens (including phenoxy) is 1. The van der Waals surface area contributed by atoms with Gasteiger partial charge in [0.15, 0.2) is 17.5 Å². The van der Waals surface area contributed by atoms with E-state index < -0.39 is 0 Å². The topological polar surface area (TPSA) is 61.0 Å². The maximum atomic E-state index is 6.66. The average molecular weight is 718 g/mol. The molecule has 0 fully saturated rings. The summed E-state index contributed by atoms with van der Waals surface area (Å²) in [4.78, 5) is 15.7. The summed E-state index contributed by atoms with van der Waals surface area (Å²) in [7, 11) is 0. The number of hydrogen-bond donors (Lipinski definition) is 0. The second kappa shape index (κ2) is 12.1. The van der Waals surface area contributed by atoms with E-state index >= 15 is 0 Å². The predicted octanol–water partition coefficient (Wildman–Crippen LogP) is 12.7. The highest BCUT2D eigenvalue weighted by Gasteiger charge is 2.39. The Hall–Kier alpha value is -7.37. The number of nitrogens with zero attached hydrogens (tertiary/aromatic N) is 3. The fourth-order valence-corrected chi connectivity index (χ4v) is 8.91. The van der Waals surface area contributed by atoms with Gasteiger partial charge in [-0.05, 0) is 74.5 Å². The lowest BCUT2D eigenvalue weighted by molar-refractivity contribution is 0.271. The van der Waals surface area contributed by atoms with E-state index in [1.165, 1.54) is 10.8 Å². The number of benzene rings is 8. The normalized spacial score (nSPS) is 16.0. The van der Waals surface area contributed by atoms with Gasteiger partial charge in [-0.15, -0.1) is 0 Å². The van der Waals surface area contributed by atoms with Gasteiger partial charge >= 0.3 is 0 Å². The van der Waals surface area contributed by atoms with Gasteiger partial charge in [0, 0.05) is 38.4 Å². The highest BCUT2D eigenvalue weighted by atomic mass is 16.5. The van der Waals surface area contributed by atoms with E-state index in [4.69, 9.17) is 24.1 Å². The summed E-state index contributed by atoms with van der Waals surface area (Å²) < 4.78 is 13.2. The molecule has 0 bridgehead atoms. The van der Waals surface area contributed by atoms with Gasteiger partial charge in [0.05, 0.1) is 5.92 Å². The third-order valence-corrected chi connectivity index (χ3v) is 11.5. The average Bonchev–Trinajstić information content (AvgIpc) is 3.85. The summed E-state index contributed by atoms with van der Waals surface area (Å²) in [6.45, 7) is 0. The Balaban J connectivity index is 1.03. The van der Waals surface area contributed by atoms with Gasteiger partial charge in [0.2, 0.25) is 0 Å². The number of hydrogen-bond acceptors (Lipinski definition) is 5. The van der Waals surface area contributed by atoms with Crippen molar-refractivity contribution in [1.82, 2.24) is 15.0 Å². The van der Waals surface area contributed by atoms with Crippen LogP contribution in [0.25, 0.3) is 93.7 Å². The van der Waals surface area contributed by atoms with Crippen molar-refractivity contribution in [2.24, 2.45) is 0 Å². The molecule has 262 valence electrons. The number of furan rings is 1. The molecule has 12 rings (SSSR count). The minimum Gasteiger partial charge on any atom is -0.485 e. The van der Waals surface area contributed by atoms with E-state index in [2.05, 4.69) is 158 Å². The van der Waals surface area contributed by atoms with Crippen LogP contribution in [0.4, 0.5) is 0 Å². The second-order valence-electron chi connectivity index (χ2n) is 14.6. The van der Waals surface area contributed by atoms with E-state index in [1.807, 2.05) is 18.2 Å². The highest BCUT2D eigenvalue weighted by Crippen LogP contribution is 2.50. The molecule has 2 aromatic heterocycles. The second-order valence-corrected chi connectivity index (χ2v) is 14.6. The van der Waals surface area contributed by atoms with Crippen LogP contribution in [0.3, 0.4) is 0 Å². The Labute approximate surface area is 321 Å². The number of aromatic nitrogens is 3. The zero-order valence-electron chi connectivity index (χ0n) is 30.1. The molecule has 0 amide bonds. The summed E-state index contributed by atoms with van der Waals surface area (Å²) in [6.07, 6.45) is 6.16. The lowest BCUT2D eigenvalue weighted by Gasteiger charge is -2.22. The quantitative estimate of drug-likeness (QED) is 0.170. The fourth-order valence-electron chi connectivity index (χ4n) is 8.91. The van der Waals surface area contributed by atoms with Gasteiger partial charge in [-0.2, -0.15) is 0 Å². The van der Waals surface area contributed by atoms with E-state index in [1.54, 1.807) is 0 Å². The van der Waals surface area contributed by atoms with Crippen LogP contribution in [0.5, 0.6) is 5.75 Å². The minimum absolute atomic E-state index is 0.119.